The van der Waals surface area contributed by atoms with Gasteiger partial charge in [0, 0.05) is 12.6 Å². The molecule has 1 aliphatic heterocycles. The monoisotopic (exact) mass is 149 g/mol. The number of aliphatic hydroxyl groups is 1. The van der Waals surface area contributed by atoms with Gasteiger partial charge in [-0.15, -0.1) is 0 Å². The van der Waals surface area contributed by atoms with Crippen LogP contribution in [0.1, 0.15) is 19.3 Å². The van der Waals surface area contributed by atoms with Crippen LogP contribution in [0.2, 0.25) is 0 Å². The molecule has 1 N–H and O–H groups in total. The molecule has 0 aromatic rings. The van der Waals surface area contributed by atoms with Crippen molar-refractivity contribution in [2.75, 3.05) is 13.2 Å². The van der Waals surface area contributed by atoms with Gasteiger partial charge in [0.2, 0.25) is 0 Å². The maximum absolute atomic E-state index is 8.74. The van der Waals surface area contributed by atoms with Crippen molar-refractivity contribution in [3.63, 3.8) is 0 Å². The van der Waals surface area contributed by atoms with Crippen LogP contribution < -0.4 is 0 Å². The Labute approximate surface area is 60.5 Å². The van der Waals surface area contributed by atoms with E-state index < -0.39 is 0 Å². The Morgan fingerprint density at radius 3 is 2.78 bits per heavy atom. The van der Waals surface area contributed by atoms with E-state index in [-0.39, 0.29) is 12.6 Å². The SMILES string of the molecule is OC[C@H]1CCCCN1Cl. The molecule has 0 amide bonds. The maximum Gasteiger partial charge on any atom is 0.0600 e. The molecule has 2 nitrogen and oxygen atoms in total. The second-order valence-electron chi connectivity index (χ2n) is 2.46. The summed E-state index contributed by atoms with van der Waals surface area (Å²) in [5, 5.41) is 8.74. The first-order valence-electron chi connectivity index (χ1n) is 3.38. The molecule has 1 atom stereocenters. The van der Waals surface area contributed by atoms with Crippen LogP contribution in [0.5, 0.6) is 0 Å². The molecule has 1 saturated heterocycles. The molecule has 1 rings (SSSR count). The zero-order valence-electron chi connectivity index (χ0n) is 5.39. The molecule has 0 bridgehead atoms. The molecule has 0 aromatic carbocycles. The van der Waals surface area contributed by atoms with E-state index in [1.807, 2.05) is 0 Å². The fraction of sp³-hybridized carbons (Fsp3) is 1.00. The van der Waals surface area contributed by atoms with E-state index >= 15 is 0 Å². The third kappa shape index (κ3) is 1.81. The third-order valence-corrected chi connectivity index (χ3v) is 2.21. The Kier molecular flexibility index (Phi) is 2.76. The molecule has 1 aliphatic rings. The van der Waals surface area contributed by atoms with Crippen molar-refractivity contribution in [2.24, 2.45) is 0 Å². The van der Waals surface area contributed by atoms with Crippen LogP contribution >= 0.6 is 11.8 Å². The number of hydrogen-bond acceptors (Lipinski definition) is 2. The van der Waals surface area contributed by atoms with Crippen molar-refractivity contribution in [1.82, 2.24) is 4.42 Å². The minimum Gasteiger partial charge on any atom is -0.395 e. The Morgan fingerprint density at radius 2 is 2.33 bits per heavy atom. The number of nitrogens with zero attached hydrogens (tertiary/aromatic N) is 1. The quantitative estimate of drug-likeness (QED) is 0.562. The molecule has 1 fully saturated rings. The first-order chi connectivity index (χ1) is 4.34. The zero-order valence-corrected chi connectivity index (χ0v) is 6.14. The van der Waals surface area contributed by atoms with Gasteiger partial charge < -0.3 is 5.11 Å². The number of aliphatic hydroxyl groups excluding tert-OH is 1. The third-order valence-electron chi connectivity index (χ3n) is 1.77. The summed E-state index contributed by atoms with van der Waals surface area (Å²) in [6, 6.07) is 0.209. The molecule has 0 unspecified atom stereocenters. The molecule has 1 heterocycles. The van der Waals surface area contributed by atoms with Crippen molar-refractivity contribution >= 4 is 11.8 Å². The van der Waals surface area contributed by atoms with Crippen LogP contribution in [0, 0.1) is 0 Å². The average molecular weight is 150 g/mol. The summed E-state index contributed by atoms with van der Waals surface area (Å²) in [5.74, 6) is 0. The van der Waals surface area contributed by atoms with Crippen LogP contribution in [0.3, 0.4) is 0 Å². The van der Waals surface area contributed by atoms with E-state index in [1.165, 1.54) is 12.8 Å². The van der Waals surface area contributed by atoms with Crippen molar-refractivity contribution in [1.29, 1.82) is 0 Å². The van der Waals surface area contributed by atoms with Crippen LogP contribution in [0.25, 0.3) is 0 Å². The lowest BCUT2D eigenvalue weighted by Gasteiger charge is -2.27. The standard InChI is InChI=1S/C6H12ClNO/c7-8-4-2-1-3-6(8)5-9/h6,9H,1-5H2/t6-/m1/s1. The molecule has 0 aliphatic carbocycles. The van der Waals surface area contributed by atoms with Gasteiger partial charge in [-0.2, -0.15) is 0 Å². The number of hydrogen-bond donors (Lipinski definition) is 1. The Bertz CT molecular complexity index is 89.1. The van der Waals surface area contributed by atoms with Crippen LogP contribution in [0.15, 0.2) is 0 Å². The molecule has 0 aromatic heterocycles. The van der Waals surface area contributed by atoms with Crippen molar-refractivity contribution in [3.8, 4) is 0 Å². The highest BCUT2D eigenvalue weighted by Crippen LogP contribution is 2.17. The summed E-state index contributed by atoms with van der Waals surface area (Å²) < 4.78 is 1.71. The normalized spacial score (nSPS) is 30.7. The lowest BCUT2D eigenvalue weighted by molar-refractivity contribution is 0.159. The lowest BCUT2D eigenvalue weighted by Crippen LogP contribution is -2.34. The first-order valence-corrected chi connectivity index (χ1v) is 3.71. The number of rotatable bonds is 1. The smallest absolute Gasteiger partial charge is 0.0600 e. The van der Waals surface area contributed by atoms with Crippen LogP contribution in [0.4, 0.5) is 0 Å². The summed E-state index contributed by atoms with van der Waals surface area (Å²) in [7, 11) is 0. The fourth-order valence-electron chi connectivity index (χ4n) is 1.15. The highest BCUT2D eigenvalue weighted by molar-refractivity contribution is 6.13. The second-order valence-corrected chi connectivity index (χ2v) is 2.89. The number of piperidine rings is 1. The minimum atomic E-state index is 0.198. The summed E-state index contributed by atoms with van der Waals surface area (Å²) in [6.07, 6.45) is 3.41. The molecule has 3 heteroatoms. The highest BCUT2D eigenvalue weighted by atomic mass is 35.5. The van der Waals surface area contributed by atoms with Gasteiger partial charge in [0.05, 0.1) is 6.61 Å². The summed E-state index contributed by atoms with van der Waals surface area (Å²) in [6.45, 7) is 1.12. The Morgan fingerprint density at radius 1 is 1.56 bits per heavy atom. The predicted octanol–water partition coefficient (Wildman–Crippen LogP) is 0.987. The molecular weight excluding hydrogens is 138 g/mol. The van der Waals surface area contributed by atoms with E-state index in [9.17, 15) is 0 Å². The summed E-state index contributed by atoms with van der Waals surface area (Å²) in [4.78, 5) is 0. The number of halogens is 1. The van der Waals surface area contributed by atoms with Gasteiger partial charge >= 0.3 is 0 Å². The van der Waals surface area contributed by atoms with Crippen LogP contribution in [-0.2, 0) is 0 Å². The molecular formula is C6H12ClNO. The zero-order chi connectivity index (χ0) is 6.69. The Hall–Kier alpha value is 0.210. The summed E-state index contributed by atoms with van der Waals surface area (Å²) in [5.41, 5.74) is 0. The van der Waals surface area contributed by atoms with E-state index in [4.69, 9.17) is 16.9 Å². The van der Waals surface area contributed by atoms with Gasteiger partial charge in [0.25, 0.3) is 0 Å². The molecule has 0 spiro atoms. The topological polar surface area (TPSA) is 23.5 Å². The van der Waals surface area contributed by atoms with E-state index in [1.54, 1.807) is 4.42 Å². The van der Waals surface area contributed by atoms with Crippen molar-refractivity contribution in [2.45, 2.75) is 25.3 Å². The molecule has 0 saturated carbocycles. The van der Waals surface area contributed by atoms with Gasteiger partial charge in [-0.3, -0.25) is 0 Å². The minimum absolute atomic E-state index is 0.198. The van der Waals surface area contributed by atoms with Crippen LogP contribution in [-0.4, -0.2) is 28.7 Å². The lowest BCUT2D eigenvalue weighted by atomic mass is 10.1. The molecule has 0 radical (unpaired) electrons. The second kappa shape index (κ2) is 3.40. The van der Waals surface area contributed by atoms with Crippen molar-refractivity contribution < 1.29 is 5.11 Å². The Balaban J connectivity index is 2.30. The fourth-order valence-corrected chi connectivity index (χ4v) is 1.42. The largest absolute Gasteiger partial charge is 0.395 e. The average Bonchev–Trinajstić information content (AvgIpc) is 1.89. The van der Waals surface area contributed by atoms with Gasteiger partial charge in [0.1, 0.15) is 0 Å². The van der Waals surface area contributed by atoms with E-state index in [0.717, 1.165) is 13.0 Å². The molecule has 54 valence electrons. The van der Waals surface area contributed by atoms with E-state index in [2.05, 4.69) is 0 Å². The highest BCUT2D eigenvalue weighted by Gasteiger charge is 2.18. The van der Waals surface area contributed by atoms with Gasteiger partial charge in [-0.25, -0.2) is 4.42 Å². The van der Waals surface area contributed by atoms with E-state index in [0.29, 0.717) is 0 Å². The maximum atomic E-state index is 8.74. The van der Waals surface area contributed by atoms with Crippen molar-refractivity contribution in [3.05, 3.63) is 0 Å². The van der Waals surface area contributed by atoms with Gasteiger partial charge in [-0.05, 0) is 24.6 Å². The first kappa shape index (κ1) is 7.32. The van der Waals surface area contributed by atoms with Gasteiger partial charge in [0.15, 0.2) is 0 Å². The molecule has 9 heavy (non-hydrogen) atoms. The summed E-state index contributed by atoms with van der Waals surface area (Å²) >= 11 is 5.76. The van der Waals surface area contributed by atoms with Gasteiger partial charge in [-0.1, -0.05) is 6.42 Å². The predicted molar refractivity (Wildman–Crippen MR) is 37.3 cm³/mol.